The molecule has 2 N–H and O–H groups in total. The number of hydrogen-bond donors (Lipinski definition) is 1. The SMILES string of the molecule is Cc1c(C(=O)N(C)C(C)CN)sc2nc(C(F)(F)F)ccc12. The number of rotatable bonds is 3. The molecule has 0 bridgehead atoms. The van der Waals surface area contributed by atoms with Crippen LogP contribution in [-0.4, -0.2) is 35.4 Å². The van der Waals surface area contributed by atoms with Crippen molar-refractivity contribution in [3.8, 4) is 0 Å². The number of pyridine rings is 1. The third kappa shape index (κ3) is 2.93. The minimum absolute atomic E-state index is 0.157. The quantitative estimate of drug-likeness (QED) is 0.940. The molecule has 1 amide bonds. The molecule has 0 fully saturated rings. The van der Waals surface area contributed by atoms with Crippen LogP contribution in [0.3, 0.4) is 0 Å². The Hall–Kier alpha value is -1.67. The highest BCUT2D eigenvalue weighted by atomic mass is 32.1. The smallest absolute Gasteiger partial charge is 0.337 e. The Kier molecular flexibility index (Phi) is 4.44. The van der Waals surface area contributed by atoms with Crippen molar-refractivity contribution in [2.24, 2.45) is 5.73 Å². The highest BCUT2D eigenvalue weighted by molar-refractivity contribution is 7.20. The first-order chi connectivity index (χ1) is 10.2. The largest absolute Gasteiger partial charge is 0.433 e. The van der Waals surface area contributed by atoms with Gasteiger partial charge in [0.1, 0.15) is 10.5 Å². The number of carbonyl (C=O) groups is 1. The van der Waals surface area contributed by atoms with Crippen LogP contribution in [0.2, 0.25) is 0 Å². The molecule has 1 unspecified atom stereocenters. The summed E-state index contributed by atoms with van der Waals surface area (Å²) >= 11 is 0.975. The van der Waals surface area contributed by atoms with Gasteiger partial charge in [0.2, 0.25) is 0 Å². The number of nitrogens with zero attached hydrogens (tertiary/aromatic N) is 2. The third-order valence-corrected chi connectivity index (χ3v) is 4.80. The van der Waals surface area contributed by atoms with E-state index >= 15 is 0 Å². The van der Waals surface area contributed by atoms with Gasteiger partial charge < -0.3 is 10.6 Å². The van der Waals surface area contributed by atoms with Gasteiger partial charge in [0.15, 0.2) is 0 Å². The Bertz CT molecular complexity index is 711. The van der Waals surface area contributed by atoms with Crippen LogP contribution in [0.4, 0.5) is 13.2 Å². The van der Waals surface area contributed by atoms with Gasteiger partial charge in [-0.3, -0.25) is 4.79 Å². The van der Waals surface area contributed by atoms with Gasteiger partial charge in [-0.15, -0.1) is 11.3 Å². The van der Waals surface area contributed by atoms with Gasteiger partial charge in [-0.25, -0.2) is 4.98 Å². The number of thiophene rings is 1. The van der Waals surface area contributed by atoms with E-state index in [2.05, 4.69) is 4.98 Å². The van der Waals surface area contributed by atoms with Gasteiger partial charge in [0.05, 0.1) is 4.88 Å². The Morgan fingerprint density at radius 3 is 2.64 bits per heavy atom. The van der Waals surface area contributed by atoms with E-state index in [-0.39, 0.29) is 16.8 Å². The zero-order valence-electron chi connectivity index (χ0n) is 12.4. The maximum absolute atomic E-state index is 12.7. The first kappa shape index (κ1) is 16.7. The Morgan fingerprint density at radius 2 is 2.09 bits per heavy atom. The van der Waals surface area contributed by atoms with Crippen molar-refractivity contribution in [3.63, 3.8) is 0 Å². The van der Waals surface area contributed by atoms with Crippen LogP contribution in [0.5, 0.6) is 0 Å². The molecule has 2 rings (SSSR count). The van der Waals surface area contributed by atoms with Crippen molar-refractivity contribution in [2.45, 2.75) is 26.1 Å². The van der Waals surface area contributed by atoms with Crippen molar-refractivity contribution in [3.05, 3.63) is 28.3 Å². The average Bonchev–Trinajstić information content (AvgIpc) is 2.80. The molecular formula is C14H16F3N3OS. The van der Waals surface area contributed by atoms with E-state index in [9.17, 15) is 18.0 Å². The lowest BCUT2D eigenvalue weighted by molar-refractivity contribution is -0.140. The van der Waals surface area contributed by atoms with Gasteiger partial charge in [-0.05, 0) is 31.5 Å². The molecule has 8 heteroatoms. The number of amides is 1. The van der Waals surface area contributed by atoms with E-state index in [1.54, 1.807) is 20.9 Å². The summed E-state index contributed by atoms with van der Waals surface area (Å²) in [7, 11) is 1.62. The fraction of sp³-hybridized carbons (Fsp3) is 0.429. The zero-order valence-corrected chi connectivity index (χ0v) is 13.2. The molecule has 0 aliphatic rings. The van der Waals surface area contributed by atoms with Crippen molar-refractivity contribution < 1.29 is 18.0 Å². The predicted molar refractivity (Wildman–Crippen MR) is 80.0 cm³/mol. The lowest BCUT2D eigenvalue weighted by atomic mass is 10.1. The van der Waals surface area contributed by atoms with E-state index < -0.39 is 11.9 Å². The maximum atomic E-state index is 12.7. The van der Waals surface area contributed by atoms with Crippen LogP contribution in [0.25, 0.3) is 10.2 Å². The minimum Gasteiger partial charge on any atom is -0.337 e. The number of alkyl halides is 3. The highest BCUT2D eigenvalue weighted by Crippen LogP contribution is 2.34. The van der Waals surface area contributed by atoms with Crippen molar-refractivity contribution in [1.29, 1.82) is 0 Å². The van der Waals surface area contributed by atoms with Crippen molar-refractivity contribution in [1.82, 2.24) is 9.88 Å². The molecule has 4 nitrogen and oxygen atoms in total. The molecule has 0 saturated carbocycles. The van der Waals surface area contributed by atoms with E-state index in [4.69, 9.17) is 5.73 Å². The zero-order chi connectivity index (χ0) is 16.7. The first-order valence-electron chi connectivity index (χ1n) is 6.61. The lowest BCUT2D eigenvalue weighted by Crippen LogP contribution is -2.39. The summed E-state index contributed by atoms with van der Waals surface area (Å²) in [6.07, 6.45) is -4.50. The summed E-state index contributed by atoms with van der Waals surface area (Å²) < 4.78 is 38.1. The molecule has 0 radical (unpaired) electrons. The summed E-state index contributed by atoms with van der Waals surface area (Å²) in [5, 5.41) is 0.565. The Morgan fingerprint density at radius 1 is 1.45 bits per heavy atom. The number of aryl methyl sites for hydroxylation is 1. The van der Waals surface area contributed by atoms with Gasteiger partial charge in [0.25, 0.3) is 5.91 Å². The number of likely N-dealkylation sites (N-methyl/N-ethyl adjacent to an activating group) is 1. The van der Waals surface area contributed by atoms with Gasteiger partial charge in [0, 0.05) is 25.0 Å². The second-order valence-electron chi connectivity index (χ2n) is 5.10. The minimum atomic E-state index is -4.50. The average molecular weight is 331 g/mol. The van der Waals surface area contributed by atoms with Crippen molar-refractivity contribution >= 4 is 27.5 Å². The Labute approximate surface area is 129 Å². The molecule has 0 aliphatic carbocycles. The van der Waals surface area contributed by atoms with Crippen molar-refractivity contribution in [2.75, 3.05) is 13.6 Å². The third-order valence-electron chi connectivity index (χ3n) is 3.61. The van der Waals surface area contributed by atoms with Gasteiger partial charge in [-0.1, -0.05) is 0 Å². The fourth-order valence-electron chi connectivity index (χ4n) is 1.98. The number of halogens is 3. The summed E-state index contributed by atoms with van der Waals surface area (Å²) in [6, 6.07) is 2.14. The molecule has 2 aromatic rings. The summed E-state index contributed by atoms with van der Waals surface area (Å²) in [4.78, 5) is 18.2. The molecule has 0 aliphatic heterocycles. The first-order valence-corrected chi connectivity index (χ1v) is 7.43. The molecule has 0 saturated heterocycles. The molecule has 0 aromatic carbocycles. The molecule has 120 valence electrons. The maximum Gasteiger partial charge on any atom is 0.433 e. The molecule has 2 heterocycles. The number of fused-ring (bicyclic) bond motifs is 1. The van der Waals surface area contributed by atoms with E-state index in [1.807, 2.05) is 0 Å². The van der Waals surface area contributed by atoms with Crippen LogP contribution in [-0.2, 0) is 6.18 Å². The summed E-state index contributed by atoms with van der Waals surface area (Å²) in [5.41, 5.74) is 5.23. The molecule has 22 heavy (non-hydrogen) atoms. The van der Waals surface area contributed by atoms with Crippen LogP contribution in [0.1, 0.15) is 27.9 Å². The topological polar surface area (TPSA) is 59.2 Å². The van der Waals surface area contributed by atoms with Gasteiger partial charge >= 0.3 is 6.18 Å². The monoisotopic (exact) mass is 331 g/mol. The van der Waals surface area contributed by atoms with E-state index in [0.717, 1.165) is 17.4 Å². The Balaban J connectivity index is 2.48. The lowest BCUT2D eigenvalue weighted by Gasteiger charge is -2.23. The van der Waals surface area contributed by atoms with Crippen LogP contribution < -0.4 is 5.73 Å². The number of hydrogen-bond acceptors (Lipinski definition) is 4. The summed E-state index contributed by atoms with van der Waals surface area (Å²) in [5.74, 6) is -0.257. The molecule has 0 spiro atoms. The number of carbonyl (C=O) groups excluding carboxylic acids is 1. The standard InChI is InChI=1S/C14H16F3N3OS/c1-7(6-18)20(3)13(21)11-8(2)9-4-5-10(14(15,16)17)19-12(9)22-11/h4-5,7H,6,18H2,1-3H3. The molecule has 1 atom stereocenters. The van der Waals surface area contributed by atoms with E-state index in [0.29, 0.717) is 22.4 Å². The van der Waals surface area contributed by atoms with Crippen LogP contribution >= 0.6 is 11.3 Å². The second kappa shape index (κ2) is 5.85. The summed E-state index contributed by atoms with van der Waals surface area (Å²) in [6.45, 7) is 3.82. The fourth-order valence-corrected chi connectivity index (χ4v) is 3.14. The highest BCUT2D eigenvalue weighted by Gasteiger charge is 2.33. The number of nitrogens with two attached hydrogens (primary N) is 1. The van der Waals surface area contributed by atoms with Crippen LogP contribution in [0.15, 0.2) is 12.1 Å². The van der Waals surface area contributed by atoms with Crippen LogP contribution in [0, 0.1) is 6.92 Å². The van der Waals surface area contributed by atoms with E-state index in [1.165, 1.54) is 11.0 Å². The normalized spacial score (nSPS) is 13.4. The van der Waals surface area contributed by atoms with Gasteiger partial charge in [-0.2, -0.15) is 13.2 Å². The second-order valence-corrected chi connectivity index (χ2v) is 6.10. The predicted octanol–water partition coefficient (Wildman–Crippen LogP) is 3.04. The number of aromatic nitrogens is 1. The molecular weight excluding hydrogens is 315 g/mol. The molecule has 2 aromatic heterocycles.